The standard InChI is InChI=1S/C14H20N2O4S/c1-10(9-21(2)18)15-8-14(17)16-11-3-4-12-13(7-11)20-6-5-19-12/h3-4,7,10,15H,5-6,8-9H2,1-2H3,(H,16,17). The number of carbonyl (C=O) groups excluding carboxylic acids is 1. The number of amides is 1. The molecule has 21 heavy (non-hydrogen) atoms. The Hall–Kier alpha value is -1.60. The average Bonchev–Trinajstić information content (AvgIpc) is 2.44. The topological polar surface area (TPSA) is 76.7 Å². The Morgan fingerprint density at radius 1 is 1.33 bits per heavy atom. The van der Waals surface area contributed by atoms with Crippen LogP contribution in [0.4, 0.5) is 5.69 Å². The Bertz CT molecular complexity index is 536. The lowest BCUT2D eigenvalue weighted by Crippen LogP contribution is -2.37. The summed E-state index contributed by atoms with van der Waals surface area (Å²) in [6.45, 7) is 3.13. The van der Waals surface area contributed by atoms with Crippen molar-refractivity contribution in [3.63, 3.8) is 0 Å². The van der Waals surface area contributed by atoms with Crippen LogP contribution in [0.5, 0.6) is 11.5 Å². The summed E-state index contributed by atoms with van der Waals surface area (Å²) in [7, 11) is -0.875. The van der Waals surface area contributed by atoms with Crippen LogP contribution in [-0.4, -0.2) is 47.9 Å². The molecule has 2 N–H and O–H groups in total. The maximum absolute atomic E-state index is 11.8. The predicted octanol–water partition coefficient (Wildman–Crippen LogP) is 0.753. The van der Waals surface area contributed by atoms with Crippen LogP contribution >= 0.6 is 0 Å². The van der Waals surface area contributed by atoms with Gasteiger partial charge in [-0.05, 0) is 19.1 Å². The van der Waals surface area contributed by atoms with Crippen molar-refractivity contribution in [3.8, 4) is 11.5 Å². The second kappa shape index (κ2) is 7.42. The van der Waals surface area contributed by atoms with Crippen molar-refractivity contribution in [2.24, 2.45) is 0 Å². The first-order chi connectivity index (χ1) is 10.0. The molecule has 2 atom stereocenters. The Labute approximate surface area is 126 Å². The smallest absolute Gasteiger partial charge is 0.238 e. The first-order valence-electron chi connectivity index (χ1n) is 6.77. The summed E-state index contributed by atoms with van der Waals surface area (Å²) in [6.07, 6.45) is 1.65. The molecule has 2 unspecified atom stereocenters. The summed E-state index contributed by atoms with van der Waals surface area (Å²) in [5.74, 6) is 1.70. The monoisotopic (exact) mass is 312 g/mol. The van der Waals surface area contributed by atoms with Gasteiger partial charge in [0.1, 0.15) is 13.2 Å². The van der Waals surface area contributed by atoms with Crippen molar-refractivity contribution < 1.29 is 18.5 Å². The quantitative estimate of drug-likeness (QED) is 0.811. The van der Waals surface area contributed by atoms with Crippen LogP contribution in [0.3, 0.4) is 0 Å². The molecular formula is C14H20N2O4S. The van der Waals surface area contributed by atoms with E-state index in [0.29, 0.717) is 36.2 Å². The molecule has 1 aliphatic rings. The fourth-order valence-electron chi connectivity index (χ4n) is 2.00. The van der Waals surface area contributed by atoms with Gasteiger partial charge in [-0.1, -0.05) is 0 Å². The molecule has 0 saturated heterocycles. The second-order valence-corrected chi connectivity index (χ2v) is 6.41. The zero-order chi connectivity index (χ0) is 15.2. The Morgan fingerprint density at radius 2 is 2.05 bits per heavy atom. The van der Waals surface area contributed by atoms with Crippen LogP contribution in [0, 0.1) is 0 Å². The molecule has 1 heterocycles. The van der Waals surface area contributed by atoms with E-state index in [4.69, 9.17) is 9.47 Å². The third kappa shape index (κ3) is 5.02. The van der Waals surface area contributed by atoms with Gasteiger partial charge in [-0.25, -0.2) is 0 Å². The number of rotatable bonds is 6. The lowest BCUT2D eigenvalue weighted by Gasteiger charge is -2.19. The van der Waals surface area contributed by atoms with Crippen LogP contribution in [-0.2, 0) is 15.6 Å². The van der Waals surface area contributed by atoms with E-state index in [1.165, 1.54) is 0 Å². The predicted molar refractivity (Wildman–Crippen MR) is 82.5 cm³/mol. The van der Waals surface area contributed by atoms with Crippen LogP contribution in [0.2, 0.25) is 0 Å². The highest BCUT2D eigenvalue weighted by molar-refractivity contribution is 7.84. The van der Waals surface area contributed by atoms with Crippen LogP contribution < -0.4 is 20.1 Å². The molecule has 0 radical (unpaired) electrons. The Balaban J connectivity index is 1.84. The zero-order valence-corrected chi connectivity index (χ0v) is 13.0. The highest BCUT2D eigenvalue weighted by Crippen LogP contribution is 2.32. The normalized spacial score (nSPS) is 16.1. The van der Waals surface area contributed by atoms with Gasteiger partial charge in [0.25, 0.3) is 0 Å². The molecule has 0 saturated carbocycles. The fraction of sp³-hybridized carbons (Fsp3) is 0.500. The van der Waals surface area contributed by atoms with Crippen molar-refractivity contribution >= 4 is 22.4 Å². The van der Waals surface area contributed by atoms with Crippen molar-refractivity contribution in [2.45, 2.75) is 13.0 Å². The summed E-state index contributed by atoms with van der Waals surface area (Å²) in [4.78, 5) is 11.8. The molecule has 0 aliphatic carbocycles. The number of anilines is 1. The Morgan fingerprint density at radius 3 is 2.76 bits per heavy atom. The zero-order valence-electron chi connectivity index (χ0n) is 12.2. The van der Waals surface area contributed by atoms with Gasteiger partial charge >= 0.3 is 0 Å². The number of carbonyl (C=O) groups is 1. The van der Waals surface area contributed by atoms with Crippen molar-refractivity contribution in [1.29, 1.82) is 0 Å². The minimum absolute atomic E-state index is 0.0295. The van der Waals surface area contributed by atoms with Gasteiger partial charge in [0.2, 0.25) is 5.91 Å². The molecular weight excluding hydrogens is 292 g/mol. The van der Waals surface area contributed by atoms with E-state index in [-0.39, 0.29) is 18.5 Å². The number of fused-ring (bicyclic) bond motifs is 1. The third-order valence-electron chi connectivity index (χ3n) is 2.92. The van der Waals surface area contributed by atoms with Gasteiger partial charge in [0.05, 0.1) is 6.54 Å². The van der Waals surface area contributed by atoms with Crippen LogP contribution in [0.1, 0.15) is 6.92 Å². The van der Waals surface area contributed by atoms with E-state index in [1.54, 1.807) is 24.5 Å². The van der Waals surface area contributed by atoms with E-state index in [0.717, 1.165) is 0 Å². The molecule has 1 aliphatic heterocycles. The maximum atomic E-state index is 11.8. The summed E-state index contributed by atoms with van der Waals surface area (Å²) in [6, 6.07) is 5.33. The first-order valence-corrected chi connectivity index (χ1v) is 8.50. The first kappa shape index (κ1) is 15.8. The highest BCUT2D eigenvalue weighted by Gasteiger charge is 2.13. The summed E-state index contributed by atoms with van der Waals surface area (Å²) >= 11 is 0. The largest absolute Gasteiger partial charge is 0.486 e. The van der Waals surface area contributed by atoms with E-state index in [2.05, 4.69) is 10.6 Å². The van der Waals surface area contributed by atoms with Gasteiger partial charge < -0.3 is 20.1 Å². The molecule has 0 spiro atoms. The minimum Gasteiger partial charge on any atom is -0.486 e. The highest BCUT2D eigenvalue weighted by atomic mass is 32.2. The van der Waals surface area contributed by atoms with E-state index in [1.807, 2.05) is 6.92 Å². The number of benzene rings is 1. The van der Waals surface area contributed by atoms with Crippen molar-refractivity contribution in [2.75, 3.05) is 37.1 Å². The summed E-state index contributed by atoms with van der Waals surface area (Å²) in [5.41, 5.74) is 0.665. The van der Waals surface area contributed by atoms with Gasteiger partial charge in [0, 0.05) is 40.6 Å². The number of ether oxygens (including phenoxy) is 2. The third-order valence-corrected chi connectivity index (χ3v) is 3.89. The SMILES string of the molecule is CC(CS(C)=O)NCC(=O)Nc1ccc2c(c1)OCCO2. The van der Waals surface area contributed by atoms with Gasteiger partial charge in [-0.15, -0.1) is 0 Å². The van der Waals surface area contributed by atoms with E-state index in [9.17, 15) is 9.00 Å². The molecule has 1 aromatic rings. The maximum Gasteiger partial charge on any atom is 0.238 e. The number of hydrogen-bond acceptors (Lipinski definition) is 5. The molecule has 6 nitrogen and oxygen atoms in total. The van der Waals surface area contributed by atoms with Gasteiger partial charge in [-0.2, -0.15) is 0 Å². The number of nitrogens with one attached hydrogen (secondary N) is 2. The molecule has 0 bridgehead atoms. The van der Waals surface area contributed by atoms with Gasteiger partial charge in [-0.3, -0.25) is 9.00 Å². The number of hydrogen-bond donors (Lipinski definition) is 2. The van der Waals surface area contributed by atoms with Crippen molar-refractivity contribution in [1.82, 2.24) is 5.32 Å². The van der Waals surface area contributed by atoms with Crippen LogP contribution in [0.25, 0.3) is 0 Å². The molecule has 116 valence electrons. The lowest BCUT2D eigenvalue weighted by molar-refractivity contribution is -0.115. The van der Waals surface area contributed by atoms with Gasteiger partial charge in [0.15, 0.2) is 11.5 Å². The van der Waals surface area contributed by atoms with E-state index < -0.39 is 10.8 Å². The molecule has 1 aromatic carbocycles. The lowest BCUT2D eigenvalue weighted by atomic mass is 10.2. The minimum atomic E-state index is -0.875. The molecule has 0 fully saturated rings. The molecule has 0 aromatic heterocycles. The second-order valence-electron chi connectivity index (χ2n) is 4.93. The Kier molecular flexibility index (Phi) is 5.58. The average molecular weight is 312 g/mol. The van der Waals surface area contributed by atoms with Crippen molar-refractivity contribution in [3.05, 3.63) is 18.2 Å². The molecule has 2 rings (SSSR count). The molecule has 1 amide bonds. The fourth-order valence-corrected chi connectivity index (χ4v) is 2.83. The van der Waals surface area contributed by atoms with E-state index >= 15 is 0 Å². The molecule has 7 heteroatoms. The summed E-state index contributed by atoms with van der Waals surface area (Å²) in [5, 5.41) is 5.82. The summed E-state index contributed by atoms with van der Waals surface area (Å²) < 4.78 is 22.0. The van der Waals surface area contributed by atoms with Crippen LogP contribution in [0.15, 0.2) is 18.2 Å².